The Morgan fingerprint density at radius 2 is 1.96 bits per heavy atom. The SMILES string of the molecule is C=CC(C)(C)c1[nH]c2ccccc2c1/C=c1/nc([O-])c(=C)[nH]c1=O. The molecule has 0 amide bonds. The lowest BCUT2D eigenvalue weighted by molar-refractivity contribution is -0.277. The zero-order valence-electron chi connectivity index (χ0n) is 13.6. The van der Waals surface area contributed by atoms with Crippen LogP contribution in [0.4, 0.5) is 0 Å². The van der Waals surface area contributed by atoms with Gasteiger partial charge in [-0.25, -0.2) is 0 Å². The fourth-order valence-corrected chi connectivity index (χ4v) is 2.64. The second-order valence-electron chi connectivity index (χ2n) is 6.26. The Labute approximate surface area is 138 Å². The number of fused-ring (bicyclic) bond motifs is 1. The van der Waals surface area contributed by atoms with E-state index in [0.717, 1.165) is 22.2 Å². The van der Waals surface area contributed by atoms with Gasteiger partial charge in [-0.15, -0.1) is 6.58 Å². The highest BCUT2D eigenvalue weighted by Gasteiger charge is 2.23. The molecule has 2 aromatic heterocycles. The molecule has 2 N–H and O–H groups in total. The number of aromatic nitrogens is 3. The van der Waals surface area contributed by atoms with E-state index in [4.69, 9.17) is 0 Å². The normalized spacial score (nSPS) is 12.7. The number of para-hydroxylation sites is 1. The van der Waals surface area contributed by atoms with Crippen molar-refractivity contribution < 1.29 is 5.11 Å². The molecule has 0 saturated heterocycles. The molecule has 5 heteroatoms. The van der Waals surface area contributed by atoms with Crippen LogP contribution in [0.15, 0.2) is 41.7 Å². The van der Waals surface area contributed by atoms with Crippen LogP contribution in [0.25, 0.3) is 23.6 Å². The minimum Gasteiger partial charge on any atom is -0.857 e. The fraction of sp³-hybridized carbons (Fsp3) is 0.158. The third-order valence-corrected chi connectivity index (χ3v) is 4.16. The van der Waals surface area contributed by atoms with E-state index in [0.29, 0.717) is 0 Å². The van der Waals surface area contributed by atoms with Crippen LogP contribution in [0.1, 0.15) is 25.1 Å². The van der Waals surface area contributed by atoms with Crippen LogP contribution in [-0.4, -0.2) is 15.0 Å². The van der Waals surface area contributed by atoms with Crippen molar-refractivity contribution in [3.63, 3.8) is 0 Å². The maximum absolute atomic E-state index is 12.1. The van der Waals surface area contributed by atoms with Crippen LogP contribution < -0.4 is 21.4 Å². The molecule has 0 aliphatic heterocycles. The lowest BCUT2D eigenvalue weighted by Crippen LogP contribution is -2.38. The minimum absolute atomic E-state index is 0.0114. The van der Waals surface area contributed by atoms with Crippen molar-refractivity contribution in [1.82, 2.24) is 15.0 Å². The molecule has 3 rings (SSSR count). The van der Waals surface area contributed by atoms with Gasteiger partial charge >= 0.3 is 0 Å². The van der Waals surface area contributed by atoms with E-state index >= 15 is 0 Å². The van der Waals surface area contributed by atoms with Gasteiger partial charge in [-0.05, 0) is 12.1 Å². The minimum atomic E-state index is -0.537. The van der Waals surface area contributed by atoms with E-state index in [1.165, 1.54) is 0 Å². The number of hydrogen-bond donors (Lipinski definition) is 2. The first-order valence-electron chi connectivity index (χ1n) is 7.56. The number of aromatic amines is 2. The summed E-state index contributed by atoms with van der Waals surface area (Å²) in [4.78, 5) is 21.8. The summed E-state index contributed by atoms with van der Waals surface area (Å²) in [5, 5.41) is 12.7. The molecule has 0 atom stereocenters. The molecule has 2 heterocycles. The Morgan fingerprint density at radius 3 is 2.67 bits per heavy atom. The number of rotatable bonds is 3. The first-order chi connectivity index (χ1) is 11.3. The Morgan fingerprint density at radius 1 is 1.25 bits per heavy atom. The quantitative estimate of drug-likeness (QED) is 0.707. The number of allylic oxidation sites excluding steroid dienone is 1. The Hall–Kier alpha value is -3.08. The van der Waals surface area contributed by atoms with E-state index in [9.17, 15) is 9.90 Å². The van der Waals surface area contributed by atoms with Gasteiger partial charge in [0.05, 0.1) is 0 Å². The summed E-state index contributed by atoms with van der Waals surface area (Å²) in [7, 11) is 0. The second-order valence-corrected chi connectivity index (χ2v) is 6.26. The van der Waals surface area contributed by atoms with E-state index in [2.05, 4.69) is 28.1 Å². The van der Waals surface area contributed by atoms with Crippen molar-refractivity contribution in [2.45, 2.75) is 19.3 Å². The monoisotopic (exact) mass is 320 g/mol. The van der Waals surface area contributed by atoms with Crippen molar-refractivity contribution in [2.24, 2.45) is 0 Å². The maximum atomic E-state index is 12.1. The van der Waals surface area contributed by atoms with E-state index in [1.807, 2.05) is 44.2 Å². The van der Waals surface area contributed by atoms with Crippen molar-refractivity contribution in [3.8, 4) is 5.88 Å². The van der Waals surface area contributed by atoms with Crippen molar-refractivity contribution in [2.75, 3.05) is 0 Å². The lowest BCUT2D eigenvalue weighted by atomic mass is 9.86. The van der Waals surface area contributed by atoms with E-state index < -0.39 is 11.4 Å². The van der Waals surface area contributed by atoms with Gasteiger partial charge in [0.25, 0.3) is 5.56 Å². The first kappa shape index (κ1) is 15.8. The van der Waals surface area contributed by atoms with Gasteiger partial charge in [-0.1, -0.05) is 44.7 Å². The predicted octanol–water partition coefficient (Wildman–Crippen LogP) is 1.03. The average molecular weight is 320 g/mol. The summed E-state index contributed by atoms with van der Waals surface area (Å²) in [5.74, 6) is -0.537. The van der Waals surface area contributed by atoms with Gasteiger partial charge in [0, 0.05) is 38.8 Å². The lowest BCUT2D eigenvalue weighted by Gasteiger charge is -2.19. The summed E-state index contributed by atoms with van der Waals surface area (Å²) >= 11 is 0. The largest absolute Gasteiger partial charge is 0.857 e. The molecule has 5 nitrogen and oxygen atoms in total. The molecule has 3 aromatic rings. The van der Waals surface area contributed by atoms with Gasteiger partial charge in [0.1, 0.15) is 5.35 Å². The highest BCUT2D eigenvalue weighted by Crippen LogP contribution is 2.32. The van der Waals surface area contributed by atoms with Crippen LogP contribution in [0, 0.1) is 0 Å². The molecule has 0 fully saturated rings. The van der Waals surface area contributed by atoms with Crippen LogP contribution >= 0.6 is 0 Å². The van der Waals surface area contributed by atoms with Crippen molar-refractivity contribution in [3.05, 3.63) is 69.2 Å². The molecular weight excluding hydrogens is 302 g/mol. The van der Waals surface area contributed by atoms with Gasteiger partial charge < -0.3 is 15.1 Å². The number of H-pyrrole nitrogens is 2. The smallest absolute Gasteiger partial charge is 0.274 e. The number of benzene rings is 1. The van der Waals surface area contributed by atoms with Gasteiger partial charge in [0.15, 0.2) is 0 Å². The summed E-state index contributed by atoms with van der Waals surface area (Å²) < 4.78 is 0. The zero-order chi connectivity index (χ0) is 17.5. The van der Waals surface area contributed by atoms with Crippen LogP contribution in [0.3, 0.4) is 0 Å². The molecule has 0 bridgehead atoms. The molecule has 0 radical (unpaired) electrons. The van der Waals surface area contributed by atoms with Crippen LogP contribution in [-0.2, 0) is 5.41 Å². The molecule has 0 aliphatic rings. The highest BCUT2D eigenvalue weighted by atomic mass is 16.3. The Bertz CT molecular complexity index is 1100. The van der Waals surface area contributed by atoms with E-state index in [-0.39, 0.29) is 16.1 Å². The third-order valence-electron chi connectivity index (χ3n) is 4.16. The standard InChI is InChI=1S/C19H19N3O2/c1-5-19(3,4)16-13(12-8-6-7-9-14(12)21-16)10-15-18(24)20-11(2)17(23)22-15/h5-10,21H,1-2H2,3-4H3,(H,20,24)(H,22,23)/p-1/b15-10+. The van der Waals surface area contributed by atoms with E-state index in [1.54, 1.807) is 6.08 Å². The van der Waals surface area contributed by atoms with Gasteiger partial charge in [-0.2, -0.15) is 0 Å². The van der Waals surface area contributed by atoms with Crippen molar-refractivity contribution in [1.29, 1.82) is 0 Å². The highest BCUT2D eigenvalue weighted by molar-refractivity contribution is 5.91. The van der Waals surface area contributed by atoms with Crippen molar-refractivity contribution >= 4 is 23.6 Å². The topological polar surface area (TPSA) is 84.6 Å². The molecule has 0 spiro atoms. The number of nitrogens with zero attached hydrogens (tertiary/aromatic N) is 1. The predicted molar refractivity (Wildman–Crippen MR) is 94.2 cm³/mol. The van der Waals surface area contributed by atoms with Gasteiger partial charge in [-0.3, -0.25) is 9.78 Å². The summed E-state index contributed by atoms with van der Waals surface area (Å²) in [6.07, 6.45) is 3.48. The molecule has 0 saturated carbocycles. The average Bonchev–Trinajstić information content (AvgIpc) is 2.92. The molecule has 0 unspecified atom stereocenters. The fourth-order valence-electron chi connectivity index (χ4n) is 2.64. The molecule has 122 valence electrons. The maximum Gasteiger partial charge on any atom is 0.274 e. The zero-order valence-corrected chi connectivity index (χ0v) is 13.6. The molecular formula is C19H18N3O2-. The Kier molecular flexibility index (Phi) is 3.64. The summed E-state index contributed by atoms with van der Waals surface area (Å²) in [5.41, 5.74) is 1.90. The summed E-state index contributed by atoms with van der Waals surface area (Å²) in [6.45, 7) is 11.4. The molecule has 24 heavy (non-hydrogen) atoms. The number of hydrogen-bond acceptors (Lipinski definition) is 3. The number of nitrogens with one attached hydrogen (secondary N) is 2. The third kappa shape index (κ3) is 2.54. The van der Waals surface area contributed by atoms with Gasteiger partial charge in [0.2, 0.25) is 0 Å². The summed E-state index contributed by atoms with van der Waals surface area (Å²) in [6, 6.07) is 7.78. The first-order valence-corrected chi connectivity index (χ1v) is 7.56. The second kappa shape index (κ2) is 5.53. The molecule has 1 aromatic carbocycles. The molecule has 0 aliphatic carbocycles. The van der Waals surface area contributed by atoms with Crippen LogP contribution in [0.2, 0.25) is 0 Å². The van der Waals surface area contributed by atoms with Crippen LogP contribution in [0.5, 0.6) is 5.88 Å². The Balaban J connectivity index is 2.42.